The number of allylic oxidation sites excluding steroid dienone is 2. The zero-order valence-corrected chi connectivity index (χ0v) is 19.4. The lowest BCUT2D eigenvalue weighted by atomic mass is 10.1. The summed E-state index contributed by atoms with van der Waals surface area (Å²) in [4.78, 5) is 32.9. The van der Waals surface area contributed by atoms with Gasteiger partial charge in [0.05, 0.1) is 12.0 Å². The molecule has 9 N–H and O–H groups in total. The second-order valence-corrected chi connectivity index (χ2v) is 7.35. The summed E-state index contributed by atoms with van der Waals surface area (Å²) < 4.78 is 0. The number of quaternary nitrogens is 2. The molecule has 178 valence electrons. The second-order valence-electron chi connectivity index (χ2n) is 7.35. The molecule has 1 atom stereocenters. The van der Waals surface area contributed by atoms with E-state index < -0.39 is 30.3 Å². The van der Waals surface area contributed by atoms with E-state index in [-0.39, 0.29) is 18.7 Å². The van der Waals surface area contributed by atoms with Gasteiger partial charge < -0.3 is 37.4 Å². The molecule has 0 spiro atoms. The van der Waals surface area contributed by atoms with Crippen molar-refractivity contribution in [3.05, 3.63) is 12.2 Å². The van der Waals surface area contributed by atoms with E-state index in [1.807, 2.05) is 0 Å². The molecule has 0 bridgehead atoms. The highest BCUT2D eigenvalue weighted by atomic mass is 16.4. The number of carbonyl (C=O) groups excluding carboxylic acids is 3. The topological polar surface area (TPSA) is 182 Å². The quantitative estimate of drug-likeness (QED) is 0.209. The van der Waals surface area contributed by atoms with Crippen LogP contribution < -0.4 is 27.8 Å². The fourth-order valence-electron chi connectivity index (χ4n) is 2.98. The number of rotatable bonds is 19. The minimum absolute atomic E-state index is 0. The Morgan fingerprint density at radius 1 is 0.767 bits per heavy atom. The summed E-state index contributed by atoms with van der Waals surface area (Å²) >= 11 is 0. The first kappa shape index (κ1) is 32.7. The van der Waals surface area contributed by atoms with E-state index in [1.54, 1.807) is 0 Å². The number of aliphatic carboxylic acids is 2. The van der Waals surface area contributed by atoms with Crippen LogP contribution in [0.3, 0.4) is 0 Å². The molecule has 8 nitrogen and oxygen atoms in total. The Hall–Kier alpha value is -1.93. The second kappa shape index (κ2) is 23.3. The maximum atomic E-state index is 11.6. The Morgan fingerprint density at radius 2 is 1.23 bits per heavy atom. The molecule has 0 fully saturated rings. The SMILES string of the molecule is CCCCCCCC/C=C\CCCCCCCC(=O)N[C@@H](CC(=O)[O-])C(=O)[O-].[NH4+].[NH4+]. The molecule has 30 heavy (non-hydrogen) atoms. The van der Waals surface area contributed by atoms with Crippen LogP contribution in [0.2, 0.25) is 0 Å². The molecule has 0 heterocycles. The fraction of sp³-hybridized carbons (Fsp3) is 0.773. The minimum atomic E-state index is -1.61. The van der Waals surface area contributed by atoms with Crippen molar-refractivity contribution in [1.29, 1.82) is 0 Å². The Balaban J connectivity index is -0.00000364. The first-order chi connectivity index (χ1) is 13.5. The first-order valence-electron chi connectivity index (χ1n) is 10.8. The van der Waals surface area contributed by atoms with Gasteiger partial charge in [-0.15, -0.1) is 0 Å². The summed E-state index contributed by atoms with van der Waals surface area (Å²) in [6, 6.07) is -1.53. The number of amides is 1. The fourth-order valence-corrected chi connectivity index (χ4v) is 2.98. The number of nitrogens with one attached hydrogen (secondary N) is 1. The third kappa shape index (κ3) is 22.4. The summed E-state index contributed by atoms with van der Waals surface area (Å²) in [5.74, 6) is -3.61. The molecule has 0 unspecified atom stereocenters. The minimum Gasteiger partial charge on any atom is -0.550 e. The van der Waals surface area contributed by atoms with E-state index in [2.05, 4.69) is 24.4 Å². The van der Waals surface area contributed by atoms with Gasteiger partial charge in [-0.05, 0) is 32.1 Å². The Kier molecular flexibility index (Phi) is 25.5. The molecule has 0 aliphatic carbocycles. The molecular formula is C22H45N3O5. The summed E-state index contributed by atoms with van der Waals surface area (Å²) in [5, 5.41) is 23.4. The predicted molar refractivity (Wildman–Crippen MR) is 118 cm³/mol. The van der Waals surface area contributed by atoms with Gasteiger partial charge in [0.2, 0.25) is 5.91 Å². The maximum Gasteiger partial charge on any atom is 0.220 e. The van der Waals surface area contributed by atoms with Crippen LogP contribution in [-0.4, -0.2) is 23.9 Å². The van der Waals surface area contributed by atoms with Crippen LogP contribution >= 0.6 is 0 Å². The zero-order valence-electron chi connectivity index (χ0n) is 19.4. The number of hydrogen-bond acceptors (Lipinski definition) is 5. The van der Waals surface area contributed by atoms with Crippen LogP contribution in [-0.2, 0) is 14.4 Å². The number of hydrogen-bond donors (Lipinski definition) is 3. The van der Waals surface area contributed by atoms with E-state index in [0.717, 1.165) is 32.1 Å². The van der Waals surface area contributed by atoms with E-state index in [4.69, 9.17) is 0 Å². The molecule has 0 aliphatic rings. The Labute approximate surface area is 182 Å². The van der Waals surface area contributed by atoms with E-state index in [9.17, 15) is 24.6 Å². The van der Waals surface area contributed by atoms with Gasteiger partial charge in [-0.3, -0.25) is 4.79 Å². The van der Waals surface area contributed by atoms with Crippen LogP contribution in [0, 0.1) is 0 Å². The van der Waals surface area contributed by atoms with Crippen LogP contribution in [0.25, 0.3) is 0 Å². The van der Waals surface area contributed by atoms with Crippen molar-refractivity contribution in [2.45, 2.75) is 109 Å². The lowest BCUT2D eigenvalue weighted by Crippen LogP contribution is -2.50. The molecule has 0 aromatic rings. The van der Waals surface area contributed by atoms with Gasteiger partial charge in [0.25, 0.3) is 0 Å². The summed E-state index contributed by atoms with van der Waals surface area (Å²) in [6.07, 6.45) is 19.0. The number of carboxylic acids is 2. The predicted octanol–water partition coefficient (Wildman–Crippen LogP) is 3.15. The van der Waals surface area contributed by atoms with Crippen LogP contribution in [0.1, 0.15) is 103 Å². The van der Waals surface area contributed by atoms with Crippen molar-refractivity contribution in [2.75, 3.05) is 0 Å². The van der Waals surface area contributed by atoms with Gasteiger partial charge >= 0.3 is 0 Å². The van der Waals surface area contributed by atoms with Gasteiger partial charge in [0, 0.05) is 18.8 Å². The Bertz CT molecular complexity index is 470. The van der Waals surface area contributed by atoms with Crippen LogP contribution in [0.4, 0.5) is 0 Å². The van der Waals surface area contributed by atoms with Gasteiger partial charge in [-0.1, -0.05) is 70.4 Å². The van der Waals surface area contributed by atoms with E-state index in [1.165, 1.54) is 44.9 Å². The normalized spacial score (nSPS) is 11.4. The zero-order chi connectivity index (χ0) is 21.0. The monoisotopic (exact) mass is 431 g/mol. The molecular weight excluding hydrogens is 386 g/mol. The average Bonchev–Trinajstić information content (AvgIpc) is 2.64. The average molecular weight is 432 g/mol. The van der Waals surface area contributed by atoms with Gasteiger partial charge in [0.15, 0.2) is 0 Å². The van der Waals surface area contributed by atoms with Crippen LogP contribution in [0.15, 0.2) is 12.2 Å². The van der Waals surface area contributed by atoms with Gasteiger partial charge in [-0.25, -0.2) is 0 Å². The molecule has 0 rings (SSSR count). The molecule has 1 amide bonds. The van der Waals surface area contributed by atoms with Crippen molar-refractivity contribution >= 4 is 17.8 Å². The Morgan fingerprint density at radius 3 is 1.70 bits per heavy atom. The van der Waals surface area contributed by atoms with Gasteiger partial charge in [-0.2, -0.15) is 0 Å². The van der Waals surface area contributed by atoms with E-state index >= 15 is 0 Å². The molecule has 8 heteroatoms. The molecule has 0 saturated carbocycles. The highest BCUT2D eigenvalue weighted by Gasteiger charge is 2.13. The third-order valence-electron chi connectivity index (χ3n) is 4.66. The highest BCUT2D eigenvalue weighted by molar-refractivity contribution is 5.85. The molecule has 0 radical (unpaired) electrons. The number of unbranched alkanes of at least 4 members (excludes halogenated alkanes) is 11. The first-order valence-corrected chi connectivity index (χ1v) is 10.8. The summed E-state index contributed by atoms with van der Waals surface area (Å²) in [7, 11) is 0. The van der Waals surface area contributed by atoms with E-state index in [0.29, 0.717) is 6.42 Å². The largest absolute Gasteiger partial charge is 0.550 e. The smallest absolute Gasteiger partial charge is 0.220 e. The van der Waals surface area contributed by atoms with Crippen molar-refractivity contribution in [1.82, 2.24) is 17.6 Å². The lowest BCUT2D eigenvalue weighted by Gasteiger charge is -2.20. The van der Waals surface area contributed by atoms with Crippen molar-refractivity contribution in [3.63, 3.8) is 0 Å². The van der Waals surface area contributed by atoms with Gasteiger partial charge in [0.1, 0.15) is 0 Å². The van der Waals surface area contributed by atoms with Crippen LogP contribution in [0.5, 0.6) is 0 Å². The molecule has 0 aliphatic heterocycles. The summed E-state index contributed by atoms with van der Waals surface area (Å²) in [5.41, 5.74) is 0. The molecule has 0 saturated heterocycles. The van der Waals surface area contributed by atoms with Crippen molar-refractivity contribution < 1.29 is 24.6 Å². The molecule has 0 aromatic carbocycles. The van der Waals surface area contributed by atoms with Crippen molar-refractivity contribution in [3.8, 4) is 0 Å². The standard InChI is InChI=1S/C22H39NO5.2H3N/c1-2-3-4-5-6-7-8-9-10-11-12-13-14-15-16-17-20(24)23-19(22(27)28)18-21(25)26;;/h9-10,19H,2-8,11-18H2,1H3,(H,23,24)(H,25,26)(H,27,28);2*1H3/b10-9-;;/t19-;;/m0../s1. The van der Waals surface area contributed by atoms with Crippen molar-refractivity contribution in [2.24, 2.45) is 0 Å². The highest BCUT2D eigenvalue weighted by Crippen LogP contribution is 2.10. The summed E-state index contributed by atoms with van der Waals surface area (Å²) in [6.45, 7) is 2.23. The number of carboxylic acid groups (broad SMARTS) is 2. The maximum absolute atomic E-state index is 11.6. The molecule has 0 aromatic heterocycles. The third-order valence-corrected chi connectivity index (χ3v) is 4.66. The number of carbonyl (C=O) groups is 3. The lowest BCUT2D eigenvalue weighted by molar-refractivity contribution is -0.317.